The SMILES string of the molecule is CCC[CH2][Sn][CH2]CCC.COOC(=O)C=CC(=O)OC. The van der Waals surface area contributed by atoms with Crippen LogP contribution in [0.4, 0.5) is 0 Å². The summed E-state index contributed by atoms with van der Waals surface area (Å²) in [5.74, 6) is -1.39. The molecule has 5 nitrogen and oxygen atoms in total. The van der Waals surface area contributed by atoms with Crippen LogP contribution in [0.1, 0.15) is 39.5 Å². The molecule has 0 rings (SSSR count). The van der Waals surface area contributed by atoms with E-state index in [0.29, 0.717) is 0 Å². The smallest absolute Gasteiger partial charge is 0.366 e. The summed E-state index contributed by atoms with van der Waals surface area (Å²) in [5.41, 5.74) is 0. The van der Waals surface area contributed by atoms with E-state index < -0.39 is 11.9 Å². The van der Waals surface area contributed by atoms with Crippen molar-refractivity contribution in [2.75, 3.05) is 14.2 Å². The minimum atomic E-state index is -0.766. The zero-order valence-electron chi connectivity index (χ0n) is 12.9. The Balaban J connectivity index is 0. The first-order chi connectivity index (χ1) is 9.62. The average Bonchev–Trinajstić information content (AvgIpc) is 2.45. The van der Waals surface area contributed by atoms with Gasteiger partial charge in [-0.05, 0) is 0 Å². The number of carbonyl (C=O) groups is 2. The van der Waals surface area contributed by atoms with Crippen LogP contribution in [0.25, 0.3) is 0 Å². The van der Waals surface area contributed by atoms with E-state index in [9.17, 15) is 9.59 Å². The van der Waals surface area contributed by atoms with Crippen molar-refractivity contribution in [1.29, 1.82) is 0 Å². The van der Waals surface area contributed by atoms with Crippen LogP contribution in [0, 0.1) is 0 Å². The molecule has 0 aliphatic carbocycles. The summed E-state index contributed by atoms with van der Waals surface area (Å²) in [5, 5.41) is 0. The Morgan fingerprint density at radius 1 is 0.950 bits per heavy atom. The van der Waals surface area contributed by atoms with Gasteiger partial charge in [-0.3, -0.25) is 4.89 Å². The van der Waals surface area contributed by atoms with Gasteiger partial charge in [-0.25, -0.2) is 9.59 Å². The van der Waals surface area contributed by atoms with E-state index in [-0.39, 0.29) is 21.1 Å². The first kappa shape index (κ1) is 21.7. The number of hydrogen-bond acceptors (Lipinski definition) is 5. The van der Waals surface area contributed by atoms with Gasteiger partial charge in [0.25, 0.3) is 0 Å². The van der Waals surface area contributed by atoms with E-state index >= 15 is 0 Å². The van der Waals surface area contributed by atoms with Crippen LogP contribution >= 0.6 is 0 Å². The minimum Gasteiger partial charge on any atom is -0.466 e. The van der Waals surface area contributed by atoms with Crippen molar-refractivity contribution < 1.29 is 24.1 Å². The summed E-state index contributed by atoms with van der Waals surface area (Å²) in [6, 6.07) is 0. The summed E-state index contributed by atoms with van der Waals surface area (Å²) >= 11 is 0.149. The third-order valence-electron chi connectivity index (χ3n) is 2.14. The topological polar surface area (TPSA) is 61.8 Å². The Bertz CT molecular complexity index is 260. The summed E-state index contributed by atoms with van der Waals surface area (Å²) < 4.78 is 7.45. The van der Waals surface area contributed by atoms with E-state index in [2.05, 4.69) is 28.4 Å². The second-order valence-corrected chi connectivity index (χ2v) is 8.16. The predicted octanol–water partition coefficient (Wildman–Crippen LogP) is 2.95. The van der Waals surface area contributed by atoms with E-state index in [1.54, 1.807) is 8.87 Å². The van der Waals surface area contributed by atoms with Crippen molar-refractivity contribution in [2.24, 2.45) is 0 Å². The van der Waals surface area contributed by atoms with Gasteiger partial charge in [-0.1, -0.05) is 0 Å². The molecule has 0 spiro atoms. The maximum atomic E-state index is 10.4. The molecule has 0 aliphatic heterocycles. The summed E-state index contributed by atoms with van der Waals surface area (Å²) in [6.07, 6.45) is 7.67. The molecule has 0 aromatic carbocycles. The van der Waals surface area contributed by atoms with Crippen molar-refractivity contribution >= 4 is 33.1 Å². The van der Waals surface area contributed by atoms with Gasteiger partial charge in [0, 0.05) is 12.2 Å². The molecule has 0 aromatic rings. The summed E-state index contributed by atoms with van der Waals surface area (Å²) in [7, 11) is 2.39. The van der Waals surface area contributed by atoms with Gasteiger partial charge in [0.15, 0.2) is 0 Å². The van der Waals surface area contributed by atoms with Gasteiger partial charge in [0.05, 0.1) is 14.2 Å². The zero-order chi connectivity index (χ0) is 15.6. The Labute approximate surface area is 132 Å². The van der Waals surface area contributed by atoms with Crippen molar-refractivity contribution in [3.05, 3.63) is 12.2 Å². The fraction of sp³-hybridized carbons (Fsp3) is 0.714. The molecule has 20 heavy (non-hydrogen) atoms. The van der Waals surface area contributed by atoms with E-state index in [0.717, 1.165) is 12.2 Å². The van der Waals surface area contributed by atoms with Gasteiger partial charge >= 0.3 is 81.5 Å². The van der Waals surface area contributed by atoms with Crippen LogP contribution in [-0.2, 0) is 24.1 Å². The Morgan fingerprint density at radius 3 is 1.85 bits per heavy atom. The molecule has 0 amide bonds. The summed E-state index contributed by atoms with van der Waals surface area (Å²) in [6.45, 7) is 4.58. The minimum absolute atomic E-state index is 0.149. The van der Waals surface area contributed by atoms with Crippen molar-refractivity contribution in [3.8, 4) is 0 Å². The molecular weight excluding hydrogens is 367 g/mol. The van der Waals surface area contributed by atoms with Gasteiger partial charge in [0.1, 0.15) is 0 Å². The van der Waals surface area contributed by atoms with Crippen LogP contribution in [0.2, 0.25) is 8.87 Å². The van der Waals surface area contributed by atoms with Crippen molar-refractivity contribution in [2.45, 2.75) is 48.4 Å². The molecule has 0 atom stereocenters. The monoisotopic (exact) mass is 394 g/mol. The molecule has 0 aliphatic rings. The van der Waals surface area contributed by atoms with E-state index in [4.69, 9.17) is 0 Å². The molecular formula is C14H26O5Sn. The molecule has 0 heterocycles. The van der Waals surface area contributed by atoms with Crippen LogP contribution in [0.5, 0.6) is 0 Å². The third-order valence-corrected chi connectivity index (χ3v) is 6.17. The second kappa shape index (κ2) is 18.4. The quantitative estimate of drug-likeness (QED) is 0.151. The van der Waals surface area contributed by atoms with Crippen LogP contribution in [0.3, 0.4) is 0 Å². The van der Waals surface area contributed by atoms with Gasteiger partial charge < -0.3 is 4.74 Å². The number of hydrogen-bond donors (Lipinski definition) is 0. The standard InChI is InChI=1S/C6H8O5.2C4H9.Sn/c1-9-5(7)3-4-6(8)11-10-2;2*1-3-4-2;/h3-4H,1-2H3;2*1,3-4H2,2H3;. The molecule has 0 aromatic heterocycles. The van der Waals surface area contributed by atoms with E-state index in [1.165, 1.54) is 39.9 Å². The summed E-state index contributed by atoms with van der Waals surface area (Å²) in [4.78, 5) is 28.8. The fourth-order valence-corrected chi connectivity index (χ4v) is 5.20. The molecule has 0 unspecified atom stereocenters. The van der Waals surface area contributed by atoms with Crippen molar-refractivity contribution in [3.63, 3.8) is 0 Å². The third kappa shape index (κ3) is 19.8. The normalized spacial score (nSPS) is 9.80. The number of carbonyl (C=O) groups excluding carboxylic acids is 2. The maximum Gasteiger partial charge on any atom is 0.366 e. The van der Waals surface area contributed by atoms with Crippen molar-refractivity contribution in [1.82, 2.24) is 0 Å². The molecule has 0 bridgehead atoms. The Hall–Kier alpha value is -0.561. The molecule has 6 heteroatoms. The van der Waals surface area contributed by atoms with Gasteiger partial charge in [-0.2, -0.15) is 4.89 Å². The van der Waals surface area contributed by atoms with Crippen LogP contribution in [-0.4, -0.2) is 47.3 Å². The predicted molar refractivity (Wildman–Crippen MR) is 79.4 cm³/mol. The number of methoxy groups -OCH3 is 1. The molecule has 0 fully saturated rings. The fourth-order valence-electron chi connectivity index (χ4n) is 1.04. The first-order valence-electron chi connectivity index (χ1n) is 6.83. The number of esters is 1. The maximum absolute atomic E-state index is 10.4. The van der Waals surface area contributed by atoms with Crippen LogP contribution < -0.4 is 0 Å². The molecule has 0 N–H and O–H groups in total. The first-order valence-corrected chi connectivity index (χ1v) is 10.9. The average molecular weight is 393 g/mol. The molecule has 2 radical (unpaired) electrons. The Kier molecular flexibility index (Phi) is 20.0. The van der Waals surface area contributed by atoms with Gasteiger partial charge in [-0.15, -0.1) is 0 Å². The molecule has 116 valence electrons. The Morgan fingerprint density at radius 2 is 1.45 bits per heavy atom. The van der Waals surface area contributed by atoms with E-state index in [1.807, 2.05) is 0 Å². The zero-order valence-corrected chi connectivity index (χ0v) is 15.8. The molecule has 0 saturated carbocycles. The molecule has 0 saturated heterocycles. The number of unbranched alkanes of at least 4 members (excludes halogenated alkanes) is 2. The number of ether oxygens (including phenoxy) is 1. The van der Waals surface area contributed by atoms with Gasteiger partial charge in [0.2, 0.25) is 0 Å². The second-order valence-electron chi connectivity index (χ2n) is 3.88. The largest absolute Gasteiger partial charge is 0.466 e. The van der Waals surface area contributed by atoms with Crippen LogP contribution in [0.15, 0.2) is 12.2 Å². The number of rotatable bonds is 9.